The van der Waals surface area contributed by atoms with Gasteiger partial charge in [-0.15, -0.1) is 0 Å². The second-order valence-electron chi connectivity index (χ2n) is 3.36. The fraction of sp³-hybridized carbons (Fsp3) is 0. The Morgan fingerprint density at radius 2 is 1.80 bits per heavy atom. The highest BCUT2D eigenvalue weighted by molar-refractivity contribution is 6.38. The minimum atomic E-state index is 0.685. The van der Waals surface area contributed by atoms with Crippen molar-refractivity contribution in [3.05, 3.63) is 46.4 Å². The van der Waals surface area contributed by atoms with E-state index >= 15 is 0 Å². The van der Waals surface area contributed by atoms with E-state index in [-0.39, 0.29) is 0 Å². The van der Waals surface area contributed by atoms with Gasteiger partial charge in [0.25, 0.3) is 0 Å². The van der Waals surface area contributed by atoms with Crippen molar-refractivity contribution in [2.45, 2.75) is 0 Å². The van der Waals surface area contributed by atoms with Crippen molar-refractivity contribution in [1.82, 2.24) is 0 Å². The number of benzene rings is 2. The van der Waals surface area contributed by atoms with Gasteiger partial charge < -0.3 is 4.42 Å². The maximum atomic E-state index is 6.13. The van der Waals surface area contributed by atoms with Gasteiger partial charge in [-0.1, -0.05) is 29.3 Å². The molecule has 0 unspecified atom stereocenters. The molecule has 0 aliphatic rings. The lowest BCUT2D eigenvalue weighted by molar-refractivity contribution is 0.669. The van der Waals surface area contributed by atoms with E-state index in [4.69, 9.17) is 27.6 Å². The highest BCUT2D eigenvalue weighted by atomic mass is 35.5. The number of hydrogen-bond donors (Lipinski definition) is 0. The molecule has 0 aliphatic carbocycles. The summed E-state index contributed by atoms with van der Waals surface area (Å²) in [4.78, 5) is 0. The van der Waals surface area contributed by atoms with Crippen molar-refractivity contribution >= 4 is 45.1 Å². The molecule has 0 fully saturated rings. The Morgan fingerprint density at radius 3 is 2.67 bits per heavy atom. The predicted octanol–water partition coefficient (Wildman–Crippen LogP) is 4.89. The largest absolute Gasteiger partial charge is 0.456 e. The highest BCUT2D eigenvalue weighted by Gasteiger charge is 2.09. The molecule has 0 saturated carbocycles. The molecule has 1 aromatic heterocycles. The summed E-state index contributed by atoms with van der Waals surface area (Å²) < 4.78 is 5.65. The van der Waals surface area contributed by atoms with Crippen molar-refractivity contribution in [3.63, 3.8) is 0 Å². The van der Waals surface area contributed by atoms with Crippen LogP contribution in [0.3, 0.4) is 0 Å². The molecule has 0 spiro atoms. The molecular formula is C12H6Cl2O. The molecule has 0 atom stereocenters. The summed E-state index contributed by atoms with van der Waals surface area (Å²) in [6.45, 7) is 0. The van der Waals surface area contributed by atoms with Crippen LogP contribution < -0.4 is 0 Å². The smallest absolute Gasteiger partial charge is 0.136 e. The minimum Gasteiger partial charge on any atom is -0.456 e. The van der Waals surface area contributed by atoms with Crippen LogP contribution in [0.5, 0.6) is 0 Å². The van der Waals surface area contributed by atoms with Gasteiger partial charge in [-0.25, -0.2) is 0 Å². The van der Waals surface area contributed by atoms with Crippen molar-refractivity contribution in [2.75, 3.05) is 0 Å². The van der Waals surface area contributed by atoms with E-state index in [1.54, 1.807) is 6.07 Å². The van der Waals surface area contributed by atoms with E-state index in [0.29, 0.717) is 10.0 Å². The molecule has 0 aliphatic heterocycles. The molecule has 0 amide bonds. The van der Waals surface area contributed by atoms with Crippen LogP contribution in [0.4, 0.5) is 0 Å². The summed E-state index contributed by atoms with van der Waals surface area (Å²) in [6, 6.07) is 11.1. The number of fused-ring (bicyclic) bond motifs is 3. The van der Waals surface area contributed by atoms with Gasteiger partial charge in [0, 0.05) is 15.8 Å². The third-order valence-corrected chi connectivity index (χ3v) is 2.96. The average Bonchev–Trinajstić information content (AvgIpc) is 2.57. The van der Waals surface area contributed by atoms with Gasteiger partial charge in [0.2, 0.25) is 0 Å². The molecule has 0 bridgehead atoms. The van der Waals surface area contributed by atoms with Crippen molar-refractivity contribution in [2.24, 2.45) is 0 Å². The molecule has 2 aromatic carbocycles. The second kappa shape index (κ2) is 3.16. The monoisotopic (exact) mass is 236 g/mol. The third-order valence-electron chi connectivity index (χ3n) is 2.41. The van der Waals surface area contributed by atoms with Gasteiger partial charge in [-0.3, -0.25) is 0 Å². The van der Waals surface area contributed by atoms with E-state index in [1.807, 2.05) is 30.3 Å². The predicted molar refractivity (Wildman–Crippen MR) is 63.7 cm³/mol. The van der Waals surface area contributed by atoms with Gasteiger partial charge in [0.05, 0.1) is 5.02 Å². The van der Waals surface area contributed by atoms with E-state index < -0.39 is 0 Å². The summed E-state index contributed by atoms with van der Waals surface area (Å²) in [5.41, 5.74) is 1.60. The quantitative estimate of drug-likeness (QED) is 0.542. The Labute approximate surface area is 96.2 Å². The number of hydrogen-bond acceptors (Lipinski definition) is 1. The van der Waals surface area contributed by atoms with Gasteiger partial charge in [0.1, 0.15) is 11.2 Å². The molecule has 1 heterocycles. The topological polar surface area (TPSA) is 13.1 Å². The molecule has 0 radical (unpaired) electrons. The first-order chi connectivity index (χ1) is 7.25. The Balaban J connectivity index is 2.61. The maximum Gasteiger partial charge on any atom is 0.136 e. The number of halogens is 2. The fourth-order valence-corrected chi connectivity index (χ4v) is 2.20. The first-order valence-electron chi connectivity index (χ1n) is 4.52. The average molecular weight is 237 g/mol. The summed E-state index contributed by atoms with van der Waals surface area (Å²) in [7, 11) is 0. The zero-order chi connectivity index (χ0) is 10.4. The molecule has 3 rings (SSSR count). The number of furan rings is 1. The van der Waals surface area contributed by atoms with Gasteiger partial charge in [0.15, 0.2) is 0 Å². The molecule has 0 saturated heterocycles. The molecule has 1 nitrogen and oxygen atoms in total. The summed E-state index contributed by atoms with van der Waals surface area (Å²) in [6.07, 6.45) is 0. The lowest BCUT2D eigenvalue weighted by Gasteiger charge is -1.92. The summed E-state index contributed by atoms with van der Waals surface area (Å²) >= 11 is 12.1. The van der Waals surface area contributed by atoms with Crippen LogP contribution in [0.2, 0.25) is 10.0 Å². The van der Waals surface area contributed by atoms with Crippen LogP contribution in [0.1, 0.15) is 0 Å². The third kappa shape index (κ3) is 1.31. The Kier molecular flexibility index (Phi) is 1.91. The maximum absolute atomic E-state index is 6.13. The van der Waals surface area contributed by atoms with Crippen LogP contribution >= 0.6 is 23.2 Å². The van der Waals surface area contributed by atoms with Gasteiger partial charge >= 0.3 is 0 Å². The Morgan fingerprint density at radius 1 is 0.933 bits per heavy atom. The van der Waals surface area contributed by atoms with Crippen LogP contribution in [-0.4, -0.2) is 0 Å². The first kappa shape index (κ1) is 9.08. The Hall–Kier alpha value is -1.18. The normalized spacial score (nSPS) is 11.3. The summed E-state index contributed by atoms with van der Waals surface area (Å²) in [5, 5.41) is 3.26. The Bertz CT molecular complexity index is 655. The SMILES string of the molecule is Clc1ccc2oc3cccc(Cl)c3c2c1. The number of rotatable bonds is 0. The molecule has 0 N–H and O–H groups in total. The van der Waals surface area contributed by atoms with Crippen LogP contribution in [0.15, 0.2) is 40.8 Å². The molecule has 3 heteroatoms. The molecule has 74 valence electrons. The molecular weight excluding hydrogens is 231 g/mol. The fourth-order valence-electron chi connectivity index (χ4n) is 1.76. The standard InChI is InChI=1S/C12H6Cl2O/c13-7-4-5-10-8(6-7)12-9(14)2-1-3-11(12)15-10/h1-6H. The lowest BCUT2D eigenvalue weighted by Crippen LogP contribution is -1.68. The van der Waals surface area contributed by atoms with Crippen molar-refractivity contribution < 1.29 is 4.42 Å². The second-order valence-corrected chi connectivity index (χ2v) is 4.20. The van der Waals surface area contributed by atoms with Crippen molar-refractivity contribution in [3.8, 4) is 0 Å². The highest BCUT2D eigenvalue weighted by Crippen LogP contribution is 2.34. The van der Waals surface area contributed by atoms with Crippen LogP contribution in [0.25, 0.3) is 21.9 Å². The van der Waals surface area contributed by atoms with Crippen LogP contribution in [0, 0.1) is 0 Å². The van der Waals surface area contributed by atoms with E-state index in [9.17, 15) is 0 Å². The summed E-state index contributed by atoms with van der Waals surface area (Å²) in [5.74, 6) is 0. The van der Waals surface area contributed by atoms with E-state index in [1.165, 1.54) is 0 Å². The van der Waals surface area contributed by atoms with E-state index in [2.05, 4.69) is 0 Å². The molecule has 3 aromatic rings. The van der Waals surface area contributed by atoms with E-state index in [0.717, 1.165) is 21.9 Å². The zero-order valence-corrected chi connectivity index (χ0v) is 9.14. The van der Waals surface area contributed by atoms with Gasteiger partial charge in [-0.05, 0) is 30.3 Å². The van der Waals surface area contributed by atoms with Crippen LogP contribution in [-0.2, 0) is 0 Å². The molecule has 15 heavy (non-hydrogen) atoms. The first-order valence-corrected chi connectivity index (χ1v) is 5.27. The lowest BCUT2D eigenvalue weighted by atomic mass is 10.1. The van der Waals surface area contributed by atoms with Crippen molar-refractivity contribution in [1.29, 1.82) is 0 Å². The zero-order valence-electron chi connectivity index (χ0n) is 7.63. The minimum absolute atomic E-state index is 0.685. The van der Waals surface area contributed by atoms with Gasteiger partial charge in [-0.2, -0.15) is 0 Å².